The summed E-state index contributed by atoms with van der Waals surface area (Å²) < 4.78 is 24.7. The standard InChI is InChI=1S/C39H44Cl2N8O5/c1-25-7-9-27(10-8-25)49-33(24-32(47-49)39(2,3)4)45-38(50)44-30-11-12-31(36(41)35(30)40)54-34-13-14-42-37(46-34)43-26-21-28(51-5)23-29(22-26)53-18-6-15-48-16-19-52-20-17-48/h7-14,21-24H,6,15-20H2,1-5H3,(H,42,43,46)(H2,44,45,50). The Hall–Kier alpha value is -5.08. The van der Waals surface area contributed by atoms with E-state index >= 15 is 0 Å². The van der Waals surface area contributed by atoms with Crippen molar-refractivity contribution in [2.45, 2.75) is 39.5 Å². The maximum Gasteiger partial charge on any atom is 0.324 e. The van der Waals surface area contributed by atoms with E-state index in [1.54, 1.807) is 36.2 Å². The predicted octanol–water partition coefficient (Wildman–Crippen LogP) is 8.86. The van der Waals surface area contributed by atoms with Gasteiger partial charge in [0.2, 0.25) is 11.8 Å². The maximum atomic E-state index is 13.3. The summed E-state index contributed by atoms with van der Waals surface area (Å²) in [5, 5.41) is 13.8. The Morgan fingerprint density at radius 1 is 0.944 bits per heavy atom. The van der Waals surface area contributed by atoms with Gasteiger partial charge in [-0.3, -0.25) is 10.2 Å². The number of rotatable bonds is 13. The molecule has 0 radical (unpaired) electrons. The van der Waals surface area contributed by atoms with Crippen LogP contribution < -0.4 is 30.2 Å². The van der Waals surface area contributed by atoms with Crippen LogP contribution in [-0.2, 0) is 10.2 Å². The smallest absolute Gasteiger partial charge is 0.324 e. The average Bonchev–Trinajstić information content (AvgIpc) is 3.58. The molecule has 1 aliphatic rings. The van der Waals surface area contributed by atoms with Crippen LogP contribution in [0.4, 0.5) is 27.9 Å². The van der Waals surface area contributed by atoms with E-state index in [-0.39, 0.29) is 38.7 Å². The molecule has 3 heterocycles. The second-order valence-corrected chi connectivity index (χ2v) is 14.5. The van der Waals surface area contributed by atoms with Crippen molar-refractivity contribution in [1.29, 1.82) is 0 Å². The monoisotopic (exact) mass is 774 g/mol. The number of hydrogen-bond donors (Lipinski definition) is 3. The summed E-state index contributed by atoms with van der Waals surface area (Å²) in [6.07, 6.45) is 2.44. The van der Waals surface area contributed by atoms with Crippen LogP contribution in [0.15, 0.2) is 72.9 Å². The molecule has 5 aromatic rings. The van der Waals surface area contributed by atoms with Gasteiger partial charge in [0.05, 0.1) is 49.0 Å². The first-order chi connectivity index (χ1) is 25.9. The zero-order chi connectivity index (χ0) is 38.2. The molecule has 2 aromatic heterocycles. The number of anilines is 4. The molecule has 3 N–H and O–H groups in total. The van der Waals surface area contributed by atoms with Gasteiger partial charge in [-0.15, -0.1) is 0 Å². The highest BCUT2D eigenvalue weighted by Crippen LogP contribution is 2.39. The number of ether oxygens (including phenoxy) is 4. The van der Waals surface area contributed by atoms with Crippen molar-refractivity contribution in [1.82, 2.24) is 24.6 Å². The number of hydrogen-bond acceptors (Lipinski definition) is 10. The van der Waals surface area contributed by atoms with Crippen molar-refractivity contribution in [2.24, 2.45) is 0 Å². The average molecular weight is 776 g/mol. The van der Waals surface area contributed by atoms with Crippen LogP contribution in [0.2, 0.25) is 10.0 Å². The Labute approximate surface area is 324 Å². The highest BCUT2D eigenvalue weighted by Gasteiger charge is 2.22. The molecule has 2 amide bonds. The van der Waals surface area contributed by atoms with E-state index < -0.39 is 6.03 Å². The van der Waals surface area contributed by atoms with Gasteiger partial charge in [0.15, 0.2) is 0 Å². The Kier molecular flexibility index (Phi) is 12.4. The lowest BCUT2D eigenvalue weighted by Crippen LogP contribution is -2.37. The van der Waals surface area contributed by atoms with Crippen molar-refractivity contribution in [3.63, 3.8) is 0 Å². The molecule has 0 bridgehead atoms. The molecule has 1 saturated heterocycles. The third-order valence-electron chi connectivity index (χ3n) is 8.50. The second kappa shape index (κ2) is 17.4. The molecule has 284 valence electrons. The number of urea groups is 1. The number of carbonyl (C=O) groups is 1. The van der Waals surface area contributed by atoms with E-state index in [1.807, 2.05) is 55.5 Å². The molecule has 0 aliphatic carbocycles. The molecule has 15 heteroatoms. The van der Waals surface area contributed by atoms with Gasteiger partial charge in [-0.05, 0) is 37.6 Å². The third kappa shape index (κ3) is 10.1. The highest BCUT2D eigenvalue weighted by molar-refractivity contribution is 6.45. The number of aryl methyl sites for hydroxylation is 1. The van der Waals surface area contributed by atoms with Crippen LogP contribution in [-0.4, -0.2) is 77.2 Å². The fraction of sp³-hybridized carbons (Fsp3) is 0.333. The summed E-state index contributed by atoms with van der Waals surface area (Å²) in [4.78, 5) is 24.4. The maximum absolute atomic E-state index is 13.3. The van der Waals surface area contributed by atoms with Crippen molar-refractivity contribution in [3.8, 4) is 28.8 Å². The Morgan fingerprint density at radius 2 is 1.70 bits per heavy atom. The minimum atomic E-state index is -0.527. The summed E-state index contributed by atoms with van der Waals surface area (Å²) in [7, 11) is 1.60. The minimum absolute atomic E-state index is 0.0884. The molecule has 1 aliphatic heterocycles. The van der Waals surface area contributed by atoms with E-state index in [9.17, 15) is 4.79 Å². The number of amides is 2. The molecule has 54 heavy (non-hydrogen) atoms. The molecule has 0 atom stereocenters. The number of benzene rings is 3. The minimum Gasteiger partial charge on any atom is -0.497 e. The van der Waals surface area contributed by atoms with Crippen LogP contribution in [0.1, 0.15) is 38.4 Å². The first kappa shape index (κ1) is 38.6. The Bertz CT molecular complexity index is 2060. The van der Waals surface area contributed by atoms with Gasteiger partial charge in [0.1, 0.15) is 28.1 Å². The number of methoxy groups -OCH3 is 1. The highest BCUT2D eigenvalue weighted by atomic mass is 35.5. The predicted molar refractivity (Wildman–Crippen MR) is 212 cm³/mol. The molecular formula is C39H44Cl2N8O5. The molecule has 0 unspecified atom stereocenters. The van der Waals surface area contributed by atoms with Crippen molar-refractivity contribution >= 4 is 52.4 Å². The van der Waals surface area contributed by atoms with Gasteiger partial charge in [-0.25, -0.2) is 14.5 Å². The first-order valence-electron chi connectivity index (χ1n) is 17.6. The van der Waals surface area contributed by atoms with Crippen LogP contribution in [0.3, 0.4) is 0 Å². The SMILES string of the molecule is COc1cc(Nc2nccc(Oc3ccc(NC(=O)Nc4cc(C(C)(C)C)nn4-c4ccc(C)cc4)c(Cl)c3Cl)n2)cc(OCCCN2CCOCC2)c1. The zero-order valence-electron chi connectivity index (χ0n) is 30.9. The number of morpholine rings is 1. The van der Waals surface area contributed by atoms with Crippen molar-refractivity contribution in [2.75, 3.05) is 62.5 Å². The molecule has 6 rings (SSSR count). The normalized spacial score (nSPS) is 13.3. The second-order valence-electron chi connectivity index (χ2n) is 13.7. The van der Waals surface area contributed by atoms with Gasteiger partial charge >= 0.3 is 6.03 Å². The molecule has 1 fully saturated rings. The summed E-state index contributed by atoms with van der Waals surface area (Å²) in [5.41, 5.74) is 3.45. The van der Waals surface area contributed by atoms with Gasteiger partial charge < -0.3 is 29.6 Å². The Balaban J connectivity index is 1.09. The number of halogens is 2. The van der Waals surface area contributed by atoms with Crippen LogP contribution in [0.5, 0.6) is 23.1 Å². The fourth-order valence-corrected chi connectivity index (χ4v) is 5.95. The lowest BCUT2D eigenvalue weighted by Gasteiger charge is -2.26. The number of nitrogens with one attached hydrogen (secondary N) is 3. The lowest BCUT2D eigenvalue weighted by atomic mass is 9.92. The van der Waals surface area contributed by atoms with Crippen LogP contribution >= 0.6 is 23.2 Å². The molecule has 0 spiro atoms. The van der Waals surface area contributed by atoms with Crippen molar-refractivity contribution < 1.29 is 23.7 Å². The lowest BCUT2D eigenvalue weighted by molar-refractivity contribution is 0.0358. The number of nitrogens with zero attached hydrogens (tertiary/aromatic N) is 5. The topological polar surface area (TPSA) is 137 Å². The van der Waals surface area contributed by atoms with Gasteiger partial charge in [-0.2, -0.15) is 10.1 Å². The molecule has 13 nitrogen and oxygen atoms in total. The van der Waals surface area contributed by atoms with E-state index in [1.165, 1.54) is 0 Å². The van der Waals surface area contributed by atoms with Crippen molar-refractivity contribution in [3.05, 3.63) is 94.2 Å². The molecule has 3 aromatic carbocycles. The summed E-state index contributed by atoms with van der Waals surface area (Å²) in [5.74, 6) is 2.49. The van der Waals surface area contributed by atoms with Gasteiger partial charge in [0, 0.05) is 67.3 Å². The van der Waals surface area contributed by atoms with Gasteiger partial charge in [-0.1, -0.05) is 61.7 Å². The largest absolute Gasteiger partial charge is 0.497 e. The van der Waals surface area contributed by atoms with Crippen LogP contribution in [0.25, 0.3) is 5.69 Å². The first-order valence-corrected chi connectivity index (χ1v) is 18.3. The van der Waals surface area contributed by atoms with Crippen LogP contribution in [0, 0.1) is 6.92 Å². The Morgan fingerprint density at radius 3 is 2.44 bits per heavy atom. The van der Waals surface area contributed by atoms with E-state index in [2.05, 4.69) is 51.6 Å². The van der Waals surface area contributed by atoms with E-state index in [4.69, 9.17) is 47.2 Å². The molecule has 0 saturated carbocycles. The summed E-state index contributed by atoms with van der Waals surface area (Å²) >= 11 is 13.3. The summed E-state index contributed by atoms with van der Waals surface area (Å²) in [6, 6.07) is 19.5. The third-order valence-corrected chi connectivity index (χ3v) is 9.37. The fourth-order valence-electron chi connectivity index (χ4n) is 5.55. The van der Waals surface area contributed by atoms with E-state index in [0.29, 0.717) is 29.6 Å². The molecular weight excluding hydrogens is 731 g/mol. The van der Waals surface area contributed by atoms with Gasteiger partial charge in [0.25, 0.3) is 0 Å². The van der Waals surface area contributed by atoms with E-state index in [0.717, 1.165) is 56.2 Å². The summed E-state index contributed by atoms with van der Waals surface area (Å²) in [6.45, 7) is 13.1. The quantitative estimate of drug-likeness (QED) is 0.0996. The number of carbonyl (C=O) groups excluding carboxylic acids is 1. The number of aromatic nitrogens is 4. The zero-order valence-corrected chi connectivity index (χ0v) is 32.4.